The van der Waals surface area contributed by atoms with Crippen molar-refractivity contribution in [2.24, 2.45) is 0 Å². The average Bonchev–Trinajstić information content (AvgIpc) is 2.30. The number of nitrogens with one attached hydrogen (secondary N) is 1. The molecule has 2 aromatic rings. The smallest absolute Gasteiger partial charge is 0.147 e. The molecule has 1 aromatic heterocycles. The first kappa shape index (κ1) is 9.22. The first-order chi connectivity index (χ1) is 7.33. The summed E-state index contributed by atoms with van der Waals surface area (Å²) in [5, 5.41) is 16.6. The van der Waals surface area contributed by atoms with Gasteiger partial charge in [-0.1, -0.05) is 18.2 Å². The normalized spacial score (nSPS) is 9.53. The van der Waals surface area contributed by atoms with Gasteiger partial charge in [0, 0.05) is 11.9 Å². The van der Waals surface area contributed by atoms with Gasteiger partial charge >= 0.3 is 0 Å². The summed E-state index contributed by atoms with van der Waals surface area (Å²) in [7, 11) is 0. The molecular weight excluding hydrogens is 186 g/mol. The molecule has 15 heavy (non-hydrogen) atoms. The predicted octanol–water partition coefficient (Wildman–Crippen LogP) is 1.83. The van der Waals surface area contributed by atoms with Crippen LogP contribution in [0.4, 0.5) is 0 Å². The molecule has 3 nitrogen and oxygen atoms in total. The van der Waals surface area contributed by atoms with Crippen molar-refractivity contribution < 1.29 is 0 Å². The molecule has 0 radical (unpaired) electrons. The molecule has 72 valence electrons. The summed E-state index contributed by atoms with van der Waals surface area (Å²) in [6, 6.07) is 14.9. The summed E-state index contributed by atoms with van der Waals surface area (Å²) in [6.45, 7) is 0. The van der Waals surface area contributed by atoms with Crippen LogP contribution in [0.1, 0.15) is 5.56 Å². The third-order valence-corrected chi connectivity index (χ3v) is 2.15. The lowest BCUT2D eigenvalue weighted by Gasteiger charge is -2.06. The van der Waals surface area contributed by atoms with E-state index >= 15 is 0 Å². The van der Waals surface area contributed by atoms with Gasteiger partial charge in [0.05, 0.1) is 5.56 Å². The van der Waals surface area contributed by atoms with Crippen LogP contribution in [0.15, 0.2) is 48.7 Å². The van der Waals surface area contributed by atoms with E-state index in [-0.39, 0.29) is 5.49 Å². The van der Waals surface area contributed by atoms with E-state index in [9.17, 15) is 0 Å². The van der Waals surface area contributed by atoms with Crippen LogP contribution in [0.2, 0.25) is 0 Å². The Kier molecular flexibility index (Phi) is 2.34. The van der Waals surface area contributed by atoms with Gasteiger partial charge < -0.3 is 4.57 Å². The molecule has 1 heterocycles. The van der Waals surface area contributed by atoms with Gasteiger partial charge in [0.15, 0.2) is 0 Å². The molecule has 0 aliphatic rings. The second-order valence-electron chi connectivity index (χ2n) is 3.09. The minimum atomic E-state index is 0.214. The second-order valence-corrected chi connectivity index (χ2v) is 3.09. The minimum absolute atomic E-state index is 0.214. The molecule has 0 unspecified atom stereocenters. The summed E-state index contributed by atoms with van der Waals surface area (Å²) in [5.74, 6) is 0. The first-order valence-electron chi connectivity index (χ1n) is 4.55. The Hall–Kier alpha value is -2.34. The van der Waals surface area contributed by atoms with Crippen LogP contribution in [0.3, 0.4) is 0 Å². The highest BCUT2D eigenvalue weighted by Crippen LogP contribution is 2.03. The highest BCUT2D eigenvalue weighted by atomic mass is 15.0. The minimum Gasteiger partial charge on any atom is -0.301 e. The predicted molar refractivity (Wildman–Crippen MR) is 56.3 cm³/mol. The van der Waals surface area contributed by atoms with Crippen molar-refractivity contribution in [3.63, 3.8) is 0 Å². The molecule has 1 aromatic carbocycles. The van der Waals surface area contributed by atoms with Crippen molar-refractivity contribution in [1.82, 2.24) is 4.57 Å². The Morgan fingerprint density at radius 1 is 1.07 bits per heavy atom. The van der Waals surface area contributed by atoms with Crippen LogP contribution in [0.5, 0.6) is 0 Å². The molecule has 3 heteroatoms. The molecule has 0 spiro atoms. The molecule has 0 atom stereocenters. The number of para-hydroxylation sites is 1. The Balaban J connectivity index is 2.66. The highest BCUT2D eigenvalue weighted by Gasteiger charge is 1.99. The van der Waals surface area contributed by atoms with Gasteiger partial charge in [-0.15, -0.1) is 0 Å². The number of pyridine rings is 1. The maximum atomic E-state index is 8.81. The van der Waals surface area contributed by atoms with Gasteiger partial charge in [0.25, 0.3) is 0 Å². The maximum absolute atomic E-state index is 8.81. The van der Waals surface area contributed by atoms with E-state index in [4.69, 9.17) is 10.7 Å². The molecule has 0 saturated heterocycles. The van der Waals surface area contributed by atoms with Crippen molar-refractivity contribution in [2.75, 3.05) is 0 Å². The van der Waals surface area contributed by atoms with E-state index in [0.29, 0.717) is 5.56 Å². The average molecular weight is 195 g/mol. The van der Waals surface area contributed by atoms with Crippen molar-refractivity contribution in [2.45, 2.75) is 0 Å². The number of aromatic nitrogens is 1. The number of nitriles is 1. The molecule has 0 fully saturated rings. The van der Waals surface area contributed by atoms with E-state index < -0.39 is 0 Å². The monoisotopic (exact) mass is 195 g/mol. The van der Waals surface area contributed by atoms with E-state index in [1.54, 1.807) is 22.9 Å². The fraction of sp³-hybridized carbons (Fsp3) is 0. The summed E-state index contributed by atoms with van der Waals surface area (Å²) < 4.78 is 1.68. The zero-order valence-electron chi connectivity index (χ0n) is 8.01. The van der Waals surface area contributed by atoms with Gasteiger partial charge in [0.2, 0.25) is 0 Å². The van der Waals surface area contributed by atoms with Gasteiger partial charge in [-0.25, -0.2) is 0 Å². The zero-order chi connectivity index (χ0) is 10.7. The van der Waals surface area contributed by atoms with Crippen LogP contribution in [0.25, 0.3) is 5.69 Å². The van der Waals surface area contributed by atoms with E-state index in [0.717, 1.165) is 5.69 Å². The van der Waals surface area contributed by atoms with Crippen LogP contribution in [-0.4, -0.2) is 4.57 Å². The number of rotatable bonds is 1. The van der Waals surface area contributed by atoms with Gasteiger partial charge in [-0.3, -0.25) is 5.41 Å². The topological polar surface area (TPSA) is 52.6 Å². The Morgan fingerprint density at radius 2 is 1.80 bits per heavy atom. The van der Waals surface area contributed by atoms with Crippen molar-refractivity contribution in [3.05, 3.63) is 59.7 Å². The number of nitrogens with zero attached hydrogens (tertiary/aromatic N) is 2. The molecule has 0 aliphatic heterocycles. The molecule has 2 rings (SSSR count). The van der Waals surface area contributed by atoms with Gasteiger partial charge in [0.1, 0.15) is 11.6 Å². The van der Waals surface area contributed by atoms with E-state index in [1.165, 1.54) is 0 Å². The number of hydrogen-bond donors (Lipinski definition) is 1. The standard InChI is InChI=1S/C12H9N3/c13-9-10-5-4-8-15(12(10)14)11-6-2-1-3-7-11/h1-8,14H. The fourth-order valence-corrected chi connectivity index (χ4v) is 1.40. The van der Waals surface area contributed by atoms with Crippen LogP contribution >= 0.6 is 0 Å². The van der Waals surface area contributed by atoms with Crippen molar-refractivity contribution in [3.8, 4) is 11.8 Å². The molecular formula is C12H9N3. The number of benzene rings is 1. The Bertz CT molecular complexity index is 561. The molecule has 1 N–H and O–H groups in total. The Labute approximate surface area is 87.4 Å². The van der Waals surface area contributed by atoms with Crippen LogP contribution < -0.4 is 5.49 Å². The molecule has 0 bridgehead atoms. The fourth-order valence-electron chi connectivity index (χ4n) is 1.40. The van der Waals surface area contributed by atoms with E-state index in [2.05, 4.69) is 0 Å². The lowest BCUT2D eigenvalue weighted by Crippen LogP contribution is -2.19. The molecule has 0 aliphatic carbocycles. The van der Waals surface area contributed by atoms with Crippen LogP contribution in [0, 0.1) is 16.7 Å². The van der Waals surface area contributed by atoms with Crippen molar-refractivity contribution >= 4 is 0 Å². The summed E-state index contributed by atoms with van der Waals surface area (Å²) >= 11 is 0. The highest BCUT2D eigenvalue weighted by molar-refractivity contribution is 5.34. The summed E-state index contributed by atoms with van der Waals surface area (Å²) in [4.78, 5) is 0. The summed E-state index contributed by atoms with van der Waals surface area (Å²) in [5.41, 5.74) is 1.48. The lowest BCUT2D eigenvalue weighted by atomic mass is 10.2. The van der Waals surface area contributed by atoms with Crippen LogP contribution in [-0.2, 0) is 0 Å². The van der Waals surface area contributed by atoms with Crippen molar-refractivity contribution in [1.29, 1.82) is 10.7 Å². The summed E-state index contributed by atoms with van der Waals surface area (Å²) in [6.07, 6.45) is 1.78. The van der Waals surface area contributed by atoms with Gasteiger partial charge in [-0.05, 0) is 24.3 Å². The zero-order valence-corrected chi connectivity index (χ0v) is 8.01. The molecule has 0 amide bonds. The number of hydrogen-bond acceptors (Lipinski definition) is 2. The lowest BCUT2D eigenvalue weighted by molar-refractivity contribution is 0.917. The Morgan fingerprint density at radius 3 is 2.47 bits per heavy atom. The third-order valence-electron chi connectivity index (χ3n) is 2.15. The van der Waals surface area contributed by atoms with E-state index in [1.807, 2.05) is 36.4 Å². The maximum Gasteiger partial charge on any atom is 0.147 e. The largest absolute Gasteiger partial charge is 0.301 e. The quantitative estimate of drug-likeness (QED) is 0.741. The SMILES string of the molecule is N#Cc1cccn(-c2ccccc2)c1=N. The third kappa shape index (κ3) is 1.65. The second kappa shape index (κ2) is 3.81. The first-order valence-corrected chi connectivity index (χ1v) is 4.55. The molecule has 0 saturated carbocycles. The van der Waals surface area contributed by atoms with Gasteiger partial charge in [-0.2, -0.15) is 5.26 Å².